The first-order valence-electron chi connectivity index (χ1n) is 6.90. The number of aliphatic carboxylic acids is 1. The van der Waals surface area contributed by atoms with Gasteiger partial charge in [0.25, 0.3) is 5.91 Å². The van der Waals surface area contributed by atoms with Crippen LogP contribution in [-0.4, -0.2) is 39.8 Å². The molecule has 1 rings (SSSR count). The molecule has 1 heterocycles. The van der Waals surface area contributed by atoms with Crippen LogP contribution in [0.15, 0.2) is 5.38 Å². The summed E-state index contributed by atoms with van der Waals surface area (Å²) >= 11 is 1.05. The van der Waals surface area contributed by atoms with Gasteiger partial charge in [-0.05, 0) is 6.42 Å². The zero-order valence-corrected chi connectivity index (χ0v) is 13.3. The minimum absolute atomic E-state index is 0.0449. The Hall–Kier alpha value is -2.49. The van der Waals surface area contributed by atoms with Gasteiger partial charge in [-0.15, -0.1) is 11.3 Å². The highest BCUT2D eigenvalue weighted by Gasteiger charge is 2.24. The van der Waals surface area contributed by atoms with Crippen LogP contribution < -0.4 is 16.4 Å². The van der Waals surface area contributed by atoms with E-state index in [1.54, 1.807) is 0 Å². The highest BCUT2D eigenvalue weighted by Crippen LogP contribution is 2.16. The predicted octanol–water partition coefficient (Wildman–Crippen LogP) is 0.330. The number of hydrogen-bond acceptors (Lipinski definition) is 6. The monoisotopic (exact) mass is 342 g/mol. The number of amides is 3. The molecule has 0 radical (unpaired) electrons. The van der Waals surface area contributed by atoms with Crippen molar-refractivity contribution in [3.05, 3.63) is 11.1 Å². The first-order chi connectivity index (χ1) is 10.8. The molecular formula is C13H18N4O5S. The maximum atomic E-state index is 11.9. The minimum Gasteiger partial charge on any atom is -0.480 e. The molecule has 0 aliphatic rings. The molecule has 3 amide bonds. The average Bonchev–Trinajstić information content (AvgIpc) is 2.92. The summed E-state index contributed by atoms with van der Waals surface area (Å²) in [6, 6.07) is -1.43. The number of thiazole rings is 1. The number of rotatable bonds is 9. The third-order valence-corrected chi connectivity index (χ3v) is 3.51. The molecule has 1 aromatic rings. The van der Waals surface area contributed by atoms with E-state index in [0.717, 1.165) is 24.2 Å². The Balaban J connectivity index is 2.65. The summed E-state index contributed by atoms with van der Waals surface area (Å²) in [4.78, 5) is 49.1. The molecule has 1 unspecified atom stereocenters. The maximum Gasteiger partial charge on any atom is 0.326 e. The third-order valence-electron chi connectivity index (χ3n) is 2.75. The molecule has 0 aliphatic carbocycles. The van der Waals surface area contributed by atoms with Gasteiger partial charge in [0.05, 0.1) is 6.42 Å². The fraction of sp³-hybridized carbons (Fsp3) is 0.462. The normalized spacial score (nSPS) is 11.5. The Labute approximate surface area is 136 Å². The van der Waals surface area contributed by atoms with Crippen LogP contribution in [0.1, 0.15) is 43.1 Å². The van der Waals surface area contributed by atoms with Crippen molar-refractivity contribution in [3.63, 3.8) is 0 Å². The number of aromatic nitrogens is 1. The predicted molar refractivity (Wildman–Crippen MR) is 83.0 cm³/mol. The standard InChI is InChI=1S/C13H18N4O5S/c1-2-3-4-10(19)17-13-16-8(6-23-13)11(20)15-7(12(21)22)5-9(14)18/h6-7H,2-5H2,1H3,(H2,14,18)(H,15,20)(H,21,22)(H,16,17,19). The number of carbonyl (C=O) groups is 4. The molecule has 0 spiro atoms. The average molecular weight is 342 g/mol. The molecule has 5 N–H and O–H groups in total. The van der Waals surface area contributed by atoms with Gasteiger partial charge in [0.1, 0.15) is 11.7 Å². The van der Waals surface area contributed by atoms with Crippen LogP contribution in [0.5, 0.6) is 0 Å². The van der Waals surface area contributed by atoms with E-state index in [4.69, 9.17) is 10.8 Å². The van der Waals surface area contributed by atoms with Crippen LogP contribution in [0, 0.1) is 0 Å². The SMILES string of the molecule is CCCCC(=O)Nc1nc(C(=O)NC(CC(N)=O)C(=O)O)cs1. The summed E-state index contributed by atoms with van der Waals surface area (Å²) in [6.07, 6.45) is 1.47. The van der Waals surface area contributed by atoms with E-state index < -0.39 is 30.2 Å². The van der Waals surface area contributed by atoms with Gasteiger partial charge in [-0.2, -0.15) is 0 Å². The van der Waals surface area contributed by atoms with Crippen molar-refractivity contribution in [2.45, 2.75) is 38.6 Å². The van der Waals surface area contributed by atoms with E-state index in [2.05, 4.69) is 15.6 Å². The van der Waals surface area contributed by atoms with Gasteiger partial charge in [0.15, 0.2) is 5.13 Å². The molecule has 0 saturated carbocycles. The molecule has 1 atom stereocenters. The molecule has 23 heavy (non-hydrogen) atoms. The van der Waals surface area contributed by atoms with E-state index in [9.17, 15) is 19.2 Å². The Morgan fingerprint density at radius 1 is 1.39 bits per heavy atom. The van der Waals surface area contributed by atoms with Crippen LogP contribution in [0.2, 0.25) is 0 Å². The van der Waals surface area contributed by atoms with Crippen molar-refractivity contribution in [2.24, 2.45) is 5.73 Å². The molecule has 0 aromatic carbocycles. The van der Waals surface area contributed by atoms with E-state index in [-0.39, 0.29) is 16.7 Å². The molecule has 0 fully saturated rings. The van der Waals surface area contributed by atoms with Gasteiger partial charge >= 0.3 is 5.97 Å². The highest BCUT2D eigenvalue weighted by atomic mass is 32.1. The summed E-state index contributed by atoms with van der Waals surface area (Å²) in [5.74, 6) is -3.19. The molecule has 0 aliphatic heterocycles. The second-order valence-electron chi connectivity index (χ2n) is 4.72. The number of anilines is 1. The number of carbonyl (C=O) groups excluding carboxylic acids is 3. The molecule has 10 heteroatoms. The van der Waals surface area contributed by atoms with Gasteiger partial charge in [-0.25, -0.2) is 9.78 Å². The van der Waals surface area contributed by atoms with Crippen molar-refractivity contribution in [1.82, 2.24) is 10.3 Å². The van der Waals surface area contributed by atoms with Crippen molar-refractivity contribution < 1.29 is 24.3 Å². The summed E-state index contributed by atoms with van der Waals surface area (Å²) < 4.78 is 0. The summed E-state index contributed by atoms with van der Waals surface area (Å²) in [5.41, 5.74) is 4.88. The number of primary amides is 1. The van der Waals surface area contributed by atoms with Crippen molar-refractivity contribution in [3.8, 4) is 0 Å². The highest BCUT2D eigenvalue weighted by molar-refractivity contribution is 7.14. The smallest absolute Gasteiger partial charge is 0.326 e. The Morgan fingerprint density at radius 2 is 2.09 bits per heavy atom. The van der Waals surface area contributed by atoms with E-state index in [1.165, 1.54) is 5.38 Å². The summed E-state index contributed by atoms with van der Waals surface area (Å²) in [5, 5.41) is 15.3. The summed E-state index contributed by atoms with van der Waals surface area (Å²) in [7, 11) is 0. The molecule has 0 saturated heterocycles. The number of hydrogen-bond donors (Lipinski definition) is 4. The van der Waals surface area contributed by atoms with Gasteiger partial charge in [-0.3, -0.25) is 14.4 Å². The van der Waals surface area contributed by atoms with Crippen LogP contribution in [-0.2, 0) is 14.4 Å². The fourth-order valence-electron chi connectivity index (χ4n) is 1.59. The second-order valence-corrected chi connectivity index (χ2v) is 5.58. The van der Waals surface area contributed by atoms with Gasteiger partial charge < -0.3 is 21.5 Å². The van der Waals surface area contributed by atoms with E-state index in [1.807, 2.05) is 6.92 Å². The zero-order chi connectivity index (χ0) is 17.4. The Kier molecular flexibility index (Phi) is 7.13. The molecule has 1 aromatic heterocycles. The van der Waals surface area contributed by atoms with Crippen molar-refractivity contribution in [1.29, 1.82) is 0 Å². The quantitative estimate of drug-likeness (QED) is 0.507. The number of nitrogens with zero attached hydrogens (tertiary/aromatic N) is 1. The topological polar surface area (TPSA) is 151 Å². The molecular weight excluding hydrogens is 324 g/mol. The van der Waals surface area contributed by atoms with Crippen LogP contribution in [0.3, 0.4) is 0 Å². The van der Waals surface area contributed by atoms with Gasteiger partial charge in [0.2, 0.25) is 11.8 Å². The number of carboxylic acid groups (broad SMARTS) is 1. The number of nitrogens with two attached hydrogens (primary N) is 1. The van der Waals surface area contributed by atoms with E-state index in [0.29, 0.717) is 6.42 Å². The first kappa shape index (κ1) is 18.6. The first-order valence-corrected chi connectivity index (χ1v) is 7.78. The zero-order valence-electron chi connectivity index (χ0n) is 12.5. The Bertz CT molecular complexity index is 601. The Morgan fingerprint density at radius 3 is 2.65 bits per heavy atom. The minimum atomic E-state index is -1.43. The lowest BCUT2D eigenvalue weighted by molar-refractivity contribution is -0.140. The number of nitrogens with one attached hydrogen (secondary N) is 2. The number of carboxylic acids is 1. The van der Waals surface area contributed by atoms with Crippen LogP contribution >= 0.6 is 11.3 Å². The lowest BCUT2D eigenvalue weighted by atomic mass is 10.2. The largest absolute Gasteiger partial charge is 0.480 e. The summed E-state index contributed by atoms with van der Waals surface area (Å²) in [6.45, 7) is 1.96. The fourth-order valence-corrected chi connectivity index (χ4v) is 2.29. The molecule has 0 bridgehead atoms. The molecule has 126 valence electrons. The second kappa shape index (κ2) is 8.83. The van der Waals surface area contributed by atoms with Crippen molar-refractivity contribution in [2.75, 3.05) is 5.32 Å². The van der Waals surface area contributed by atoms with Gasteiger partial charge in [0, 0.05) is 11.8 Å². The van der Waals surface area contributed by atoms with Gasteiger partial charge in [-0.1, -0.05) is 13.3 Å². The maximum absolute atomic E-state index is 11.9. The van der Waals surface area contributed by atoms with Crippen molar-refractivity contribution >= 4 is 40.2 Å². The van der Waals surface area contributed by atoms with Crippen LogP contribution in [0.25, 0.3) is 0 Å². The van der Waals surface area contributed by atoms with E-state index >= 15 is 0 Å². The van der Waals surface area contributed by atoms with Crippen LogP contribution in [0.4, 0.5) is 5.13 Å². The lowest BCUT2D eigenvalue weighted by Crippen LogP contribution is -2.43. The molecule has 9 nitrogen and oxygen atoms in total. The number of unbranched alkanes of at least 4 members (excludes halogenated alkanes) is 1. The lowest BCUT2D eigenvalue weighted by Gasteiger charge is -2.11. The third kappa shape index (κ3) is 6.43.